The summed E-state index contributed by atoms with van der Waals surface area (Å²) in [6, 6.07) is 5.37. The van der Waals surface area contributed by atoms with Gasteiger partial charge in [0.2, 0.25) is 5.91 Å². The van der Waals surface area contributed by atoms with Crippen LogP contribution in [0, 0.1) is 11.8 Å². The van der Waals surface area contributed by atoms with Crippen LogP contribution in [0.3, 0.4) is 0 Å². The number of hydrogen-bond acceptors (Lipinski definition) is 4. The Bertz CT molecular complexity index is 646. The average molecular weight is 325 g/mol. The summed E-state index contributed by atoms with van der Waals surface area (Å²) in [7, 11) is 0. The van der Waals surface area contributed by atoms with Gasteiger partial charge in [-0.05, 0) is 24.3 Å². The Hall–Kier alpha value is -2.48. The number of nitrogens with one attached hydrogen (secondary N) is 1. The highest BCUT2D eigenvalue weighted by molar-refractivity contribution is 5.96. The molecule has 1 amide bonds. The molecule has 1 saturated heterocycles. The van der Waals surface area contributed by atoms with E-state index in [9.17, 15) is 23.5 Å². The number of carbonyl (C=O) groups is 2. The Morgan fingerprint density at radius 3 is 2.30 bits per heavy atom. The van der Waals surface area contributed by atoms with Gasteiger partial charge >= 0.3 is 12.6 Å². The molecule has 0 saturated carbocycles. The molecule has 1 fully saturated rings. The van der Waals surface area contributed by atoms with Crippen LogP contribution >= 0.6 is 0 Å². The van der Waals surface area contributed by atoms with Crippen LogP contribution in [0.5, 0.6) is 5.75 Å². The second kappa shape index (κ2) is 5.96. The first-order chi connectivity index (χ1) is 11.0. The van der Waals surface area contributed by atoms with Gasteiger partial charge in [0.25, 0.3) is 0 Å². The van der Waals surface area contributed by atoms with Crippen LogP contribution in [0.1, 0.15) is 0 Å². The van der Waals surface area contributed by atoms with E-state index in [-0.39, 0.29) is 5.75 Å². The van der Waals surface area contributed by atoms with Crippen LogP contribution in [-0.2, 0) is 14.3 Å². The van der Waals surface area contributed by atoms with Crippen molar-refractivity contribution < 1.29 is 33.0 Å². The molecule has 0 unspecified atom stereocenters. The summed E-state index contributed by atoms with van der Waals surface area (Å²) in [6.45, 7) is -2.93. The van der Waals surface area contributed by atoms with Crippen molar-refractivity contribution in [3.63, 3.8) is 0 Å². The zero-order valence-electron chi connectivity index (χ0n) is 11.7. The van der Waals surface area contributed by atoms with E-state index in [2.05, 4.69) is 10.1 Å². The molecule has 4 atom stereocenters. The van der Waals surface area contributed by atoms with Gasteiger partial charge in [-0.3, -0.25) is 9.59 Å². The van der Waals surface area contributed by atoms with Gasteiger partial charge in [0, 0.05) is 5.69 Å². The Kier molecular flexibility index (Phi) is 3.99. The number of alkyl halides is 2. The lowest BCUT2D eigenvalue weighted by atomic mass is 9.82. The van der Waals surface area contributed by atoms with Crippen molar-refractivity contribution in [2.45, 2.75) is 18.8 Å². The van der Waals surface area contributed by atoms with Crippen LogP contribution in [0.2, 0.25) is 0 Å². The van der Waals surface area contributed by atoms with Crippen molar-refractivity contribution in [3.05, 3.63) is 36.4 Å². The van der Waals surface area contributed by atoms with Gasteiger partial charge in [-0.15, -0.1) is 0 Å². The lowest BCUT2D eigenvalue weighted by Crippen LogP contribution is -2.39. The van der Waals surface area contributed by atoms with Crippen LogP contribution in [0.15, 0.2) is 36.4 Å². The largest absolute Gasteiger partial charge is 0.481 e. The molecule has 3 rings (SSSR count). The van der Waals surface area contributed by atoms with E-state index in [0.717, 1.165) is 0 Å². The van der Waals surface area contributed by atoms with Crippen LogP contribution in [0.25, 0.3) is 0 Å². The fraction of sp³-hybridized carbons (Fsp3) is 0.333. The topological polar surface area (TPSA) is 84.9 Å². The molecule has 0 spiro atoms. The molecule has 2 heterocycles. The van der Waals surface area contributed by atoms with Gasteiger partial charge in [-0.1, -0.05) is 12.2 Å². The van der Waals surface area contributed by atoms with Crippen LogP contribution in [0.4, 0.5) is 14.5 Å². The zero-order valence-corrected chi connectivity index (χ0v) is 11.7. The maximum Gasteiger partial charge on any atom is 0.387 e. The first kappa shape index (κ1) is 15.4. The second-order valence-corrected chi connectivity index (χ2v) is 5.23. The fourth-order valence-corrected chi connectivity index (χ4v) is 2.86. The maximum absolute atomic E-state index is 12.3. The predicted octanol–water partition coefficient (Wildman–Crippen LogP) is 1.88. The van der Waals surface area contributed by atoms with Crippen LogP contribution < -0.4 is 10.1 Å². The molecule has 122 valence electrons. The molecule has 8 heteroatoms. The van der Waals surface area contributed by atoms with Crippen molar-refractivity contribution >= 4 is 17.6 Å². The van der Waals surface area contributed by atoms with E-state index in [4.69, 9.17) is 4.74 Å². The quantitative estimate of drug-likeness (QED) is 0.808. The molecule has 0 aromatic heterocycles. The van der Waals surface area contributed by atoms with Crippen molar-refractivity contribution in [3.8, 4) is 5.75 Å². The summed E-state index contributed by atoms with van der Waals surface area (Å²) in [6.07, 6.45) is 2.15. The number of carboxylic acids is 1. The number of hydrogen-bond donors (Lipinski definition) is 2. The average Bonchev–Trinajstić information content (AvgIpc) is 3.09. The Labute approximate surface area is 129 Å². The van der Waals surface area contributed by atoms with E-state index < -0.39 is 42.5 Å². The molecule has 2 aliphatic rings. The van der Waals surface area contributed by atoms with Gasteiger partial charge in [-0.25, -0.2) is 0 Å². The van der Waals surface area contributed by atoms with Crippen molar-refractivity contribution in [2.24, 2.45) is 11.8 Å². The standard InChI is InChI=1S/C15H13F2NO5/c16-15(17)22-8-3-1-7(2-4-8)18-13(19)11-9-5-6-10(23-9)12(11)14(20)21/h1-6,9-12,15H,(H,18,19)(H,20,21)/t9-,10+,11+,12-/m1/s1. The number of carboxylic acid groups (broad SMARTS) is 1. The highest BCUT2D eigenvalue weighted by Crippen LogP contribution is 2.39. The summed E-state index contributed by atoms with van der Waals surface area (Å²) in [5, 5.41) is 11.8. The Balaban J connectivity index is 1.69. The molecule has 0 radical (unpaired) electrons. The van der Waals surface area contributed by atoms with E-state index in [0.29, 0.717) is 5.69 Å². The first-order valence-corrected chi connectivity index (χ1v) is 6.88. The van der Waals surface area contributed by atoms with Crippen molar-refractivity contribution in [1.82, 2.24) is 0 Å². The summed E-state index contributed by atoms with van der Waals surface area (Å²) in [4.78, 5) is 23.7. The number of rotatable bonds is 5. The van der Waals surface area contributed by atoms with Gasteiger partial charge in [0.05, 0.1) is 18.1 Å². The second-order valence-electron chi connectivity index (χ2n) is 5.23. The number of amides is 1. The molecule has 2 aliphatic heterocycles. The Morgan fingerprint density at radius 1 is 1.13 bits per heavy atom. The number of benzene rings is 1. The summed E-state index contributed by atoms with van der Waals surface area (Å²) < 4.78 is 33.8. The van der Waals surface area contributed by atoms with E-state index in [1.807, 2.05) is 0 Å². The summed E-state index contributed by atoms with van der Waals surface area (Å²) in [5.41, 5.74) is 0.354. The number of halogens is 2. The lowest BCUT2D eigenvalue weighted by molar-refractivity contribution is -0.145. The minimum Gasteiger partial charge on any atom is -0.481 e. The molecule has 1 aromatic carbocycles. The fourth-order valence-electron chi connectivity index (χ4n) is 2.86. The number of anilines is 1. The number of aliphatic carboxylic acids is 1. The third-order valence-electron chi connectivity index (χ3n) is 3.83. The molecule has 2 N–H and O–H groups in total. The highest BCUT2D eigenvalue weighted by atomic mass is 19.3. The molecule has 0 aliphatic carbocycles. The van der Waals surface area contributed by atoms with E-state index in [1.54, 1.807) is 12.2 Å². The monoisotopic (exact) mass is 325 g/mol. The zero-order chi connectivity index (χ0) is 16.6. The third-order valence-corrected chi connectivity index (χ3v) is 3.83. The number of ether oxygens (including phenoxy) is 2. The van der Waals surface area contributed by atoms with Gasteiger partial charge < -0.3 is 19.9 Å². The third kappa shape index (κ3) is 3.02. The minimum atomic E-state index is -2.93. The van der Waals surface area contributed by atoms with E-state index in [1.165, 1.54) is 24.3 Å². The van der Waals surface area contributed by atoms with Crippen molar-refractivity contribution in [2.75, 3.05) is 5.32 Å². The smallest absolute Gasteiger partial charge is 0.387 e. The van der Waals surface area contributed by atoms with Gasteiger partial charge in [-0.2, -0.15) is 8.78 Å². The van der Waals surface area contributed by atoms with Crippen LogP contribution in [-0.4, -0.2) is 35.8 Å². The molecule has 23 heavy (non-hydrogen) atoms. The number of fused-ring (bicyclic) bond motifs is 2. The SMILES string of the molecule is O=C(Nc1ccc(OC(F)F)cc1)[C@@H]1[C@H](C(=O)O)[C@@H]2C=C[C@H]1O2. The molecule has 1 aromatic rings. The van der Waals surface area contributed by atoms with Gasteiger partial charge in [0.15, 0.2) is 0 Å². The summed E-state index contributed by atoms with van der Waals surface area (Å²) in [5.74, 6) is -3.39. The molecular formula is C15H13F2NO5. The minimum absolute atomic E-state index is 0.0346. The molecule has 2 bridgehead atoms. The number of carbonyl (C=O) groups excluding carboxylic acids is 1. The molecule has 6 nitrogen and oxygen atoms in total. The normalized spacial score (nSPS) is 28.1. The highest BCUT2D eigenvalue weighted by Gasteiger charge is 2.53. The Morgan fingerprint density at radius 2 is 1.74 bits per heavy atom. The van der Waals surface area contributed by atoms with Crippen molar-refractivity contribution in [1.29, 1.82) is 0 Å². The van der Waals surface area contributed by atoms with Gasteiger partial charge in [0.1, 0.15) is 11.7 Å². The van der Waals surface area contributed by atoms with E-state index >= 15 is 0 Å². The lowest BCUT2D eigenvalue weighted by Gasteiger charge is -2.21. The first-order valence-electron chi connectivity index (χ1n) is 6.88. The molecular weight excluding hydrogens is 312 g/mol. The summed E-state index contributed by atoms with van der Waals surface area (Å²) >= 11 is 0. The maximum atomic E-state index is 12.3. The predicted molar refractivity (Wildman–Crippen MR) is 74.1 cm³/mol.